The molecule has 1 heterocycles. The molecule has 7 heteroatoms. The van der Waals surface area contributed by atoms with Gasteiger partial charge < -0.3 is 0 Å². The molecule has 1 saturated carbocycles. The minimum atomic E-state index is -4.19. The van der Waals surface area contributed by atoms with Gasteiger partial charge in [-0.25, -0.2) is 13.0 Å². The van der Waals surface area contributed by atoms with Gasteiger partial charge in [-0.15, -0.1) is 0 Å². The topological polar surface area (TPSA) is 55.4 Å². The minimum Gasteiger partial charge on any atom is -0.283 e. The van der Waals surface area contributed by atoms with Gasteiger partial charge in [-0.05, 0) is 32.0 Å². The molecule has 3 rings (SSSR count). The molecule has 0 radical (unpaired) electrons. The Morgan fingerprint density at radius 2 is 1.95 bits per heavy atom. The quantitative estimate of drug-likeness (QED) is 0.860. The molecule has 0 amide bonds. The van der Waals surface area contributed by atoms with Gasteiger partial charge in [-0.1, -0.05) is 17.7 Å². The molecule has 1 aromatic carbocycles. The summed E-state index contributed by atoms with van der Waals surface area (Å²) in [6.07, 6.45) is 0.219. The maximum Gasteiger partial charge on any atom is 0.299 e. The maximum absolute atomic E-state index is 13.6. The lowest BCUT2D eigenvalue weighted by molar-refractivity contribution is -0.00759. The van der Waals surface area contributed by atoms with Crippen LogP contribution < -0.4 is 5.32 Å². The van der Waals surface area contributed by atoms with E-state index in [-0.39, 0.29) is 11.3 Å². The molecule has 0 bridgehead atoms. The third-order valence-electron chi connectivity index (χ3n) is 3.71. The number of fused-ring (bicyclic) bond motifs is 1. The minimum absolute atomic E-state index is 0.109. The van der Waals surface area contributed by atoms with Crippen LogP contribution in [0.1, 0.15) is 12.0 Å². The van der Waals surface area contributed by atoms with Gasteiger partial charge >= 0.3 is 0 Å². The van der Waals surface area contributed by atoms with Gasteiger partial charge in [-0.2, -0.15) is 8.42 Å². The maximum atomic E-state index is 13.6. The van der Waals surface area contributed by atoms with Crippen molar-refractivity contribution < 1.29 is 21.4 Å². The van der Waals surface area contributed by atoms with Crippen LogP contribution in [-0.4, -0.2) is 26.6 Å². The van der Waals surface area contributed by atoms with E-state index < -0.39 is 27.7 Å². The largest absolute Gasteiger partial charge is 0.299 e. The summed E-state index contributed by atoms with van der Waals surface area (Å²) in [7, 11) is -4.19. The molecule has 1 aromatic rings. The first-order chi connectivity index (χ1) is 8.80. The van der Waals surface area contributed by atoms with Crippen LogP contribution >= 0.6 is 0 Å². The molecule has 2 unspecified atom stereocenters. The Labute approximate surface area is 109 Å². The SMILES string of the molecule is Cc1ccc(S(=O)(=O)OC23NCCC2C3(F)F)cc1. The van der Waals surface area contributed by atoms with E-state index in [1.165, 1.54) is 12.1 Å². The van der Waals surface area contributed by atoms with Crippen LogP contribution in [0.5, 0.6) is 0 Å². The van der Waals surface area contributed by atoms with Crippen LogP contribution in [0.25, 0.3) is 0 Å². The third kappa shape index (κ3) is 1.72. The second-order valence-electron chi connectivity index (χ2n) is 4.98. The van der Waals surface area contributed by atoms with Crippen LogP contribution in [0.4, 0.5) is 8.78 Å². The zero-order valence-electron chi connectivity index (χ0n) is 10.2. The number of rotatable bonds is 3. The summed E-state index contributed by atoms with van der Waals surface area (Å²) in [5.41, 5.74) is -1.15. The van der Waals surface area contributed by atoms with E-state index in [0.717, 1.165) is 5.56 Å². The van der Waals surface area contributed by atoms with Crippen molar-refractivity contribution in [2.45, 2.75) is 29.9 Å². The van der Waals surface area contributed by atoms with Crippen LogP contribution in [0.3, 0.4) is 0 Å². The molecule has 19 heavy (non-hydrogen) atoms. The molecule has 1 aliphatic carbocycles. The average Bonchev–Trinajstić information content (AvgIpc) is 2.65. The lowest BCUT2D eigenvalue weighted by Gasteiger charge is -2.16. The van der Waals surface area contributed by atoms with E-state index in [1.807, 2.05) is 0 Å². The second-order valence-corrected chi connectivity index (χ2v) is 6.52. The molecular formula is C12H13F2NO3S. The smallest absolute Gasteiger partial charge is 0.283 e. The summed E-state index contributed by atoms with van der Waals surface area (Å²) in [6.45, 7) is 2.14. The van der Waals surface area contributed by atoms with Gasteiger partial charge in [0.05, 0.1) is 10.8 Å². The van der Waals surface area contributed by atoms with Crippen molar-refractivity contribution in [3.63, 3.8) is 0 Å². The monoisotopic (exact) mass is 289 g/mol. The van der Waals surface area contributed by atoms with Crippen molar-refractivity contribution in [1.82, 2.24) is 5.32 Å². The highest BCUT2D eigenvalue weighted by molar-refractivity contribution is 7.86. The number of nitrogens with one attached hydrogen (secondary N) is 1. The fourth-order valence-corrected chi connectivity index (χ4v) is 3.74. The standard InChI is InChI=1S/C12H13F2NO3S/c1-8-2-4-9(5-3-8)19(16,17)18-12-10(6-7-15-12)11(12,13)14/h2-5,10,15H,6-7H2,1H3. The van der Waals surface area contributed by atoms with E-state index in [4.69, 9.17) is 4.18 Å². The first-order valence-corrected chi connectivity index (χ1v) is 7.35. The van der Waals surface area contributed by atoms with Crippen molar-refractivity contribution in [3.8, 4) is 0 Å². The zero-order chi connectivity index (χ0) is 13.9. The van der Waals surface area contributed by atoms with E-state index in [1.54, 1.807) is 19.1 Å². The van der Waals surface area contributed by atoms with Gasteiger partial charge in [0.2, 0.25) is 5.72 Å². The normalized spacial score (nSPS) is 32.1. The van der Waals surface area contributed by atoms with Crippen molar-refractivity contribution >= 4 is 10.1 Å². The summed E-state index contributed by atoms with van der Waals surface area (Å²) in [4.78, 5) is -0.109. The molecule has 1 N–H and O–H groups in total. The summed E-state index contributed by atoms with van der Waals surface area (Å²) in [5.74, 6) is -4.18. The highest BCUT2D eigenvalue weighted by Crippen LogP contribution is 2.64. The lowest BCUT2D eigenvalue weighted by Crippen LogP contribution is -2.40. The first-order valence-electron chi connectivity index (χ1n) is 5.95. The number of alkyl halides is 2. The van der Waals surface area contributed by atoms with Crippen molar-refractivity contribution in [2.75, 3.05) is 6.54 Å². The molecule has 4 nitrogen and oxygen atoms in total. The zero-order valence-corrected chi connectivity index (χ0v) is 11.0. The lowest BCUT2D eigenvalue weighted by atomic mass is 10.2. The Hall–Kier alpha value is -1.05. The first kappa shape index (κ1) is 13.0. The van der Waals surface area contributed by atoms with Crippen LogP contribution in [0.2, 0.25) is 0 Å². The fourth-order valence-electron chi connectivity index (χ4n) is 2.54. The number of hydrogen-bond acceptors (Lipinski definition) is 4. The van der Waals surface area contributed by atoms with E-state index in [2.05, 4.69) is 5.32 Å². The number of halogens is 2. The predicted octanol–water partition coefficient (Wildman–Crippen LogP) is 1.66. The predicted molar refractivity (Wildman–Crippen MR) is 63.2 cm³/mol. The summed E-state index contributed by atoms with van der Waals surface area (Å²) in [6, 6.07) is 5.90. The molecule has 0 aromatic heterocycles. The molecule has 2 fully saturated rings. The number of benzene rings is 1. The van der Waals surface area contributed by atoms with Gasteiger partial charge in [0.15, 0.2) is 0 Å². The molecular weight excluding hydrogens is 276 g/mol. The van der Waals surface area contributed by atoms with Crippen LogP contribution in [0, 0.1) is 12.8 Å². The van der Waals surface area contributed by atoms with E-state index in [0.29, 0.717) is 6.54 Å². The summed E-state index contributed by atoms with van der Waals surface area (Å²) in [5, 5.41) is 2.48. The third-order valence-corrected chi connectivity index (χ3v) is 5.04. The Balaban J connectivity index is 1.89. The Morgan fingerprint density at radius 1 is 1.32 bits per heavy atom. The molecule has 104 valence electrons. The van der Waals surface area contributed by atoms with Crippen molar-refractivity contribution in [2.24, 2.45) is 5.92 Å². The Morgan fingerprint density at radius 3 is 2.47 bits per heavy atom. The average molecular weight is 289 g/mol. The second kappa shape index (κ2) is 3.74. The number of piperidine rings is 1. The van der Waals surface area contributed by atoms with Gasteiger partial charge in [0.1, 0.15) is 0 Å². The highest BCUT2D eigenvalue weighted by Gasteiger charge is 2.86. The number of hydrogen-bond donors (Lipinski definition) is 1. The van der Waals surface area contributed by atoms with Crippen LogP contribution in [0.15, 0.2) is 29.2 Å². The molecule has 1 aliphatic heterocycles. The van der Waals surface area contributed by atoms with E-state index in [9.17, 15) is 17.2 Å². The summed E-state index contributed by atoms with van der Waals surface area (Å²) >= 11 is 0. The van der Waals surface area contributed by atoms with Gasteiger partial charge in [0.25, 0.3) is 16.0 Å². The molecule has 2 aliphatic rings. The highest BCUT2D eigenvalue weighted by atomic mass is 32.2. The summed E-state index contributed by atoms with van der Waals surface area (Å²) < 4.78 is 56.0. The Bertz CT molecular complexity index is 614. The molecule has 2 atom stereocenters. The van der Waals surface area contributed by atoms with Gasteiger partial charge in [0, 0.05) is 0 Å². The Kier molecular flexibility index (Phi) is 2.55. The van der Waals surface area contributed by atoms with E-state index >= 15 is 0 Å². The molecule has 0 spiro atoms. The van der Waals surface area contributed by atoms with Gasteiger partial charge in [-0.3, -0.25) is 5.32 Å². The fraction of sp³-hybridized carbons (Fsp3) is 0.500. The van der Waals surface area contributed by atoms with Crippen LogP contribution in [-0.2, 0) is 14.3 Å². The van der Waals surface area contributed by atoms with Crippen molar-refractivity contribution in [1.29, 1.82) is 0 Å². The molecule has 1 saturated heterocycles. The van der Waals surface area contributed by atoms with Crippen molar-refractivity contribution in [3.05, 3.63) is 29.8 Å². The number of aryl methyl sites for hydroxylation is 1.